The van der Waals surface area contributed by atoms with E-state index in [1.807, 2.05) is 0 Å². The minimum absolute atomic E-state index is 0.0979. The second-order valence-electron chi connectivity index (χ2n) is 3.49. The molecule has 0 spiro atoms. The van der Waals surface area contributed by atoms with Gasteiger partial charge in [-0.3, -0.25) is 0 Å². The van der Waals surface area contributed by atoms with Gasteiger partial charge in [-0.15, -0.1) is 0 Å². The van der Waals surface area contributed by atoms with E-state index in [1.54, 1.807) is 6.92 Å². The average molecular weight is 258 g/mol. The Labute approximate surface area is 100 Å². The van der Waals surface area contributed by atoms with Crippen molar-refractivity contribution in [2.24, 2.45) is 0 Å². The van der Waals surface area contributed by atoms with Gasteiger partial charge < -0.3 is 9.84 Å². The molecule has 2 heterocycles. The van der Waals surface area contributed by atoms with Crippen molar-refractivity contribution < 1.29 is 17.7 Å². The molecule has 2 aromatic heterocycles. The van der Waals surface area contributed by atoms with E-state index in [-0.39, 0.29) is 18.3 Å². The van der Waals surface area contributed by atoms with E-state index in [2.05, 4.69) is 20.4 Å². The van der Waals surface area contributed by atoms with Gasteiger partial charge in [0, 0.05) is 0 Å². The van der Waals surface area contributed by atoms with Crippen molar-refractivity contribution in [1.82, 2.24) is 15.1 Å². The summed E-state index contributed by atoms with van der Waals surface area (Å²) in [5.74, 6) is 0.844. The van der Waals surface area contributed by atoms with Crippen LogP contribution in [0.25, 0.3) is 0 Å². The summed E-state index contributed by atoms with van der Waals surface area (Å²) in [6.07, 6.45) is -4.46. The van der Waals surface area contributed by atoms with Crippen molar-refractivity contribution in [1.29, 1.82) is 0 Å². The summed E-state index contributed by atoms with van der Waals surface area (Å²) < 4.78 is 42.0. The predicted octanol–water partition coefficient (Wildman–Crippen LogP) is 2.40. The number of pyridine rings is 1. The van der Waals surface area contributed by atoms with Crippen molar-refractivity contribution in [3.63, 3.8) is 0 Å². The van der Waals surface area contributed by atoms with E-state index < -0.39 is 11.9 Å². The molecule has 0 fully saturated rings. The largest absolute Gasteiger partial charge is 0.433 e. The normalized spacial score (nSPS) is 11.6. The topological polar surface area (TPSA) is 63.8 Å². The Kier molecular flexibility index (Phi) is 3.17. The molecule has 0 saturated carbocycles. The molecular formula is C10H9F3N4O. The Morgan fingerprint density at radius 3 is 2.67 bits per heavy atom. The highest BCUT2D eigenvalue weighted by molar-refractivity contribution is 5.35. The van der Waals surface area contributed by atoms with Crippen LogP contribution < -0.4 is 5.32 Å². The van der Waals surface area contributed by atoms with Gasteiger partial charge in [-0.05, 0) is 19.1 Å². The predicted molar refractivity (Wildman–Crippen MR) is 55.6 cm³/mol. The van der Waals surface area contributed by atoms with Crippen LogP contribution in [0.2, 0.25) is 0 Å². The molecule has 0 bridgehead atoms. The highest BCUT2D eigenvalue weighted by Crippen LogP contribution is 2.28. The number of halogens is 3. The summed E-state index contributed by atoms with van der Waals surface area (Å²) in [4.78, 5) is 7.35. The maximum absolute atomic E-state index is 12.4. The van der Waals surface area contributed by atoms with Gasteiger partial charge >= 0.3 is 6.18 Å². The number of nitrogens with one attached hydrogen (secondary N) is 1. The standard InChI is InChI=1S/C10H9F3N4O/c1-6-15-9(18-17-6)5-14-8-4-2-3-7(16-8)10(11,12)13/h2-4H,5H2,1H3,(H,14,16). The monoisotopic (exact) mass is 258 g/mol. The third-order valence-corrected chi connectivity index (χ3v) is 2.03. The van der Waals surface area contributed by atoms with Crippen LogP contribution in [-0.2, 0) is 12.7 Å². The maximum Gasteiger partial charge on any atom is 0.433 e. The molecule has 5 nitrogen and oxygen atoms in total. The Bertz CT molecular complexity index is 538. The second-order valence-corrected chi connectivity index (χ2v) is 3.49. The van der Waals surface area contributed by atoms with Gasteiger partial charge in [0.2, 0.25) is 5.89 Å². The van der Waals surface area contributed by atoms with Crippen LogP contribution in [0.3, 0.4) is 0 Å². The summed E-state index contributed by atoms with van der Waals surface area (Å²) in [6.45, 7) is 1.77. The lowest BCUT2D eigenvalue weighted by Crippen LogP contribution is -2.10. The molecule has 0 atom stereocenters. The average Bonchev–Trinajstić information content (AvgIpc) is 2.72. The van der Waals surface area contributed by atoms with E-state index in [1.165, 1.54) is 12.1 Å². The number of rotatable bonds is 3. The third-order valence-electron chi connectivity index (χ3n) is 2.03. The molecule has 8 heteroatoms. The molecule has 0 unspecified atom stereocenters. The zero-order valence-electron chi connectivity index (χ0n) is 9.32. The zero-order chi connectivity index (χ0) is 13.2. The number of aromatic nitrogens is 3. The molecular weight excluding hydrogens is 249 g/mol. The lowest BCUT2D eigenvalue weighted by atomic mass is 10.3. The molecule has 18 heavy (non-hydrogen) atoms. The molecule has 1 N–H and O–H groups in total. The molecule has 0 aliphatic heterocycles. The van der Waals surface area contributed by atoms with Crippen LogP contribution in [0, 0.1) is 6.92 Å². The lowest BCUT2D eigenvalue weighted by molar-refractivity contribution is -0.141. The number of anilines is 1. The molecule has 0 aromatic carbocycles. The lowest BCUT2D eigenvalue weighted by Gasteiger charge is -2.08. The van der Waals surface area contributed by atoms with Crippen LogP contribution in [0.4, 0.5) is 19.0 Å². The van der Waals surface area contributed by atoms with Crippen molar-refractivity contribution in [2.75, 3.05) is 5.32 Å². The summed E-state index contributed by atoms with van der Waals surface area (Å²) in [5.41, 5.74) is -0.950. The van der Waals surface area contributed by atoms with Crippen molar-refractivity contribution in [2.45, 2.75) is 19.6 Å². The molecule has 0 amide bonds. The first-order valence-electron chi connectivity index (χ1n) is 5.02. The van der Waals surface area contributed by atoms with Gasteiger partial charge in [-0.1, -0.05) is 11.2 Å². The van der Waals surface area contributed by atoms with Crippen molar-refractivity contribution in [3.8, 4) is 0 Å². The Hall–Kier alpha value is -2.12. The fourth-order valence-corrected chi connectivity index (χ4v) is 1.27. The van der Waals surface area contributed by atoms with Gasteiger partial charge in [-0.25, -0.2) is 4.98 Å². The van der Waals surface area contributed by atoms with Crippen molar-refractivity contribution in [3.05, 3.63) is 35.6 Å². The molecule has 96 valence electrons. The number of aryl methyl sites for hydroxylation is 1. The Morgan fingerprint density at radius 2 is 2.06 bits per heavy atom. The molecule has 0 radical (unpaired) electrons. The quantitative estimate of drug-likeness (QED) is 0.915. The van der Waals surface area contributed by atoms with Crippen molar-refractivity contribution >= 4 is 5.82 Å². The first-order valence-corrected chi connectivity index (χ1v) is 5.02. The van der Waals surface area contributed by atoms with E-state index in [0.717, 1.165) is 6.07 Å². The zero-order valence-corrected chi connectivity index (χ0v) is 9.32. The fraction of sp³-hybridized carbons (Fsp3) is 0.300. The van der Waals surface area contributed by atoms with E-state index in [4.69, 9.17) is 4.52 Å². The summed E-state index contributed by atoms with van der Waals surface area (Å²) in [6, 6.07) is 3.61. The highest BCUT2D eigenvalue weighted by atomic mass is 19.4. The van der Waals surface area contributed by atoms with Gasteiger partial charge in [0.15, 0.2) is 5.82 Å². The molecule has 2 rings (SSSR count). The SMILES string of the molecule is Cc1noc(CNc2cccc(C(F)(F)F)n2)n1. The maximum atomic E-state index is 12.4. The smallest absolute Gasteiger partial charge is 0.361 e. The number of alkyl halides is 3. The number of hydrogen-bond acceptors (Lipinski definition) is 5. The van der Waals surface area contributed by atoms with Crippen LogP contribution in [0.15, 0.2) is 22.7 Å². The molecule has 0 saturated heterocycles. The molecule has 2 aromatic rings. The number of nitrogens with zero attached hydrogens (tertiary/aromatic N) is 3. The fourth-order valence-electron chi connectivity index (χ4n) is 1.27. The summed E-state index contributed by atoms with van der Waals surface area (Å²) in [5, 5.41) is 6.24. The van der Waals surface area contributed by atoms with Gasteiger partial charge in [-0.2, -0.15) is 18.2 Å². The molecule has 0 aliphatic rings. The Morgan fingerprint density at radius 1 is 1.28 bits per heavy atom. The number of hydrogen-bond donors (Lipinski definition) is 1. The summed E-state index contributed by atoms with van der Waals surface area (Å²) in [7, 11) is 0. The van der Waals surface area contributed by atoms with E-state index in [9.17, 15) is 13.2 Å². The minimum Gasteiger partial charge on any atom is -0.361 e. The van der Waals surface area contributed by atoms with E-state index >= 15 is 0 Å². The van der Waals surface area contributed by atoms with Gasteiger partial charge in [0.05, 0.1) is 6.54 Å². The molecule has 0 aliphatic carbocycles. The second kappa shape index (κ2) is 4.63. The van der Waals surface area contributed by atoms with Crippen LogP contribution in [-0.4, -0.2) is 15.1 Å². The Balaban J connectivity index is 2.06. The van der Waals surface area contributed by atoms with Crippen LogP contribution in [0.5, 0.6) is 0 Å². The third kappa shape index (κ3) is 2.96. The van der Waals surface area contributed by atoms with Crippen LogP contribution in [0.1, 0.15) is 17.4 Å². The minimum atomic E-state index is -4.46. The van der Waals surface area contributed by atoms with Gasteiger partial charge in [0.25, 0.3) is 0 Å². The van der Waals surface area contributed by atoms with E-state index in [0.29, 0.717) is 5.82 Å². The highest BCUT2D eigenvalue weighted by Gasteiger charge is 2.32. The summed E-state index contributed by atoms with van der Waals surface area (Å²) >= 11 is 0. The first kappa shape index (κ1) is 12.3. The first-order chi connectivity index (χ1) is 8.45. The van der Waals surface area contributed by atoms with Gasteiger partial charge in [0.1, 0.15) is 11.5 Å². The van der Waals surface area contributed by atoms with Crippen LogP contribution >= 0.6 is 0 Å².